The molecule has 0 saturated carbocycles. The molecule has 0 radical (unpaired) electrons. The quantitative estimate of drug-likeness (QED) is 0.172. The summed E-state index contributed by atoms with van der Waals surface area (Å²) < 4.78 is 10.0. The zero-order valence-electron chi connectivity index (χ0n) is 10.9. The zero-order chi connectivity index (χ0) is 14.8. The molecule has 0 aliphatic heterocycles. The first kappa shape index (κ1) is 15.6. The Balaban J connectivity index is 2.18. The fraction of sp³-hybridized carbons (Fsp3) is 0.333. The lowest BCUT2D eigenvalue weighted by molar-refractivity contribution is 0.157. The third-order valence-electron chi connectivity index (χ3n) is 2.33. The highest BCUT2D eigenvalue weighted by atomic mass is 16.5. The van der Waals surface area contributed by atoms with Gasteiger partial charge in [-0.05, 0) is 24.3 Å². The van der Waals surface area contributed by atoms with Crippen LogP contribution in [-0.2, 0) is 4.74 Å². The number of nitrogens with two attached hydrogens (primary N) is 2. The average Bonchev–Trinajstić information content (AvgIpc) is 2.45. The van der Waals surface area contributed by atoms with E-state index < -0.39 is 6.09 Å². The van der Waals surface area contributed by atoms with Crippen LogP contribution in [-0.4, -0.2) is 43.4 Å². The van der Waals surface area contributed by atoms with E-state index in [1.807, 2.05) is 0 Å². The van der Waals surface area contributed by atoms with Gasteiger partial charge in [-0.15, -0.1) is 0 Å². The van der Waals surface area contributed by atoms with Crippen LogP contribution < -0.4 is 21.5 Å². The maximum atomic E-state index is 10.3. The first-order valence-electron chi connectivity index (χ1n) is 5.97. The number of nitrogens with zero attached hydrogens (tertiary/aromatic N) is 1. The number of amides is 1. The first-order chi connectivity index (χ1) is 9.63. The number of primary amides is 1. The third-order valence-corrected chi connectivity index (χ3v) is 2.33. The molecule has 0 spiro atoms. The molecule has 0 atom stereocenters. The van der Waals surface area contributed by atoms with Gasteiger partial charge in [-0.2, -0.15) is 0 Å². The Labute approximate surface area is 116 Å². The third kappa shape index (κ3) is 5.91. The van der Waals surface area contributed by atoms with Crippen LogP contribution in [0.25, 0.3) is 0 Å². The van der Waals surface area contributed by atoms with Crippen LogP contribution in [0.1, 0.15) is 5.56 Å². The standard InChI is InChI=1S/C12H18N4O4/c13-11(16-18)9-1-3-10(4-2-9)19-7-5-15-6-8-20-12(14)17/h1-4,15,18H,5-8H2,(H2,13,16)(H2,14,17). The molecule has 6 N–H and O–H groups in total. The first-order valence-corrected chi connectivity index (χ1v) is 5.97. The second-order valence-electron chi connectivity index (χ2n) is 3.78. The zero-order valence-corrected chi connectivity index (χ0v) is 10.9. The Bertz CT molecular complexity index is 447. The number of nitrogens with one attached hydrogen (secondary N) is 1. The van der Waals surface area contributed by atoms with Gasteiger partial charge in [-0.1, -0.05) is 5.16 Å². The maximum Gasteiger partial charge on any atom is 0.404 e. The normalized spacial score (nSPS) is 11.1. The second-order valence-corrected chi connectivity index (χ2v) is 3.78. The van der Waals surface area contributed by atoms with Crippen molar-refractivity contribution in [3.8, 4) is 5.75 Å². The van der Waals surface area contributed by atoms with Crippen molar-refractivity contribution in [1.82, 2.24) is 5.32 Å². The molecule has 8 heteroatoms. The van der Waals surface area contributed by atoms with Gasteiger partial charge in [0.25, 0.3) is 0 Å². The van der Waals surface area contributed by atoms with E-state index in [0.717, 1.165) is 0 Å². The van der Waals surface area contributed by atoms with Gasteiger partial charge in [-0.25, -0.2) is 4.79 Å². The van der Waals surface area contributed by atoms with Crippen molar-refractivity contribution in [2.45, 2.75) is 0 Å². The highest BCUT2D eigenvalue weighted by Gasteiger charge is 1.99. The lowest BCUT2D eigenvalue weighted by Gasteiger charge is -2.08. The molecule has 0 heterocycles. The van der Waals surface area contributed by atoms with E-state index in [4.69, 9.17) is 21.4 Å². The average molecular weight is 282 g/mol. The summed E-state index contributed by atoms with van der Waals surface area (Å²) in [5.41, 5.74) is 10.9. The van der Waals surface area contributed by atoms with Gasteiger partial charge in [0, 0.05) is 18.7 Å². The second kappa shape index (κ2) is 8.59. The Morgan fingerprint density at radius 3 is 2.45 bits per heavy atom. The van der Waals surface area contributed by atoms with Gasteiger partial charge in [0.05, 0.1) is 0 Å². The minimum atomic E-state index is -0.783. The summed E-state index contributed by atoms with van der Waals surface area (Å²) in [6.07, 6.45) is -0.783. The Morgan fingerprint density at radius 2 is 1.85 bits per heavy atom. The van der Waals surface area contributed by atoms with Crippen molar-refractivity contribution in [1.29, 1.82) is 0 Å². The Morgan fingerprint density at radius 1 is 1.20 bits per heavy atom. The largest absolute Gasteiger partial charge is 0.492 e. The smallest absolute Gasteiger partial charge is 0.404 e. The highest BCUT2D eigenvalue weighted by Crippen LogP contribution is 2.11. The lowest BCUT2D eigenvalue weighted by Crippen LogP contribution is -2.27. The predicted molar refractivity (Wildman–Crippen MR) is 72.9 cm³/mol. The minimum absolute atomic E-state index is 0.0488. The van der Waals surface area contributed by atoms with Gasteiger partial charge >= 0.3 is 6.09 Å². The summed E-state index contributed by atoms with van der Waals surface area (Å²) in [5.74, 6) is 0.724. The topological polar surface area (TPSA) is 132 Å². The number of hydrogen-bond acceptors (Lipinski definition) is 6. The predicted octanol–water partition coefficient (Wildman–Crippen LogP) is -0.155. The number of carbonyl (C=O) groups excluding carboxylic acids is 1. The van der Waals surface area contributed by atoms with Crippen molar-refractivity contribution >= 4 is 11.9 Å². The summed E-state index contributed by atoms with van der Waals surface area (Å²) in [4.78, 5) is 10.3. The summed E-state index contributed by atoms with van der Waals surface area (Å²) in [6, 6.07) is 6.84. The van der Waals surface area contributed by atoms with Crippen molar-refractivity contribution in [2.24, 2.45) is 16.6 Å². The van der Waals surface area contributed by atoms with E-state index in [1.165, 1.54) is 0 Å². The fourth-order valence-corrected chi connectivity index (χ4v) is 1.37. The van der Waals surface area contributed by atoms with Gasteiger partial charge in [0.15, 0.2) is 5.84 Å². The molecule has 8 nitrogen and oxygen atoms in total. The Hall–Kier alpha value is -2.48. The van der Waals surface area contributed by atoms with Crippen LogP contribution in [0, 0.1) is 0 Å². The van der Waals surface area contributed by atoms with Crippen LogP contribution in [0.4, 0.5) is 4.79 Å². The molecule has 110 valence electrons. The van der Waals surface area contributed by atoms with E-state index in [9.17, 15) is 4.79 Å². The molecule has 1 rings (SSSR count). The van der Waals surface area contributed by atoms with Crippen molar-refractivity contribution in [3.63, 3.8) is 0 Å². The molecule has 0 aliphatic carbocycles. The molecule has 0 unspecified atom stereocenters. The monoisotopic (exact) mass is 282 g/mol. The summed E-state index contributed by atoms with van der Waals surface area (Å²) in [5, 5.41) is 14.4. The van der Waals surface area contributed by atoms with E-state index in [-0.39, 0.29) is 12.4 Å². The van der Waals surface area contributed by atoms with E-state index in [2.05, 4.69) is 15.2 Å². The molecular weight excluding hydrogens is 264 g/mol. The molecule has 0 saturated heterocycles. The molecule has 1 amide bonds. The van der Waals surface area contributed by atoms with Gasteiger partial charge < -0.3 is 31.5 Å². The molecule has 0 aliphatic rings. The summed E-state index contributed by atoms with van der Waals surface area (Å²) in [7, 11) is 0. The molecule has 0 aromatic heterocycles. The molecule has 0 fully saturated rings. The van der Waals surface area contributed by atoms with Crippen molar-refractivity contribution < 1.29 is 19.5 Å². The molecule has 1 aromatic carbocycles. The van der Waals surface area contributed by atoms with Crippen LogP contribution in [0.3, 0.4) is 0 Å². The lowest BCUT2D eigenvalue weighted by atomic mass is 10.2. The maximum absolute atomic E-state index is 10.3. The van der Waals surface area contributed by atoms with Crippen molar-refractivity contribution in [2.75, 3.05) is 26.3 Å². The van der Waals surface area contributed by atoms with E-state index >= 15 is 0 Å². The van der Waals surface area contributed by atoms with Gasteiger partial charge in [0.2, 0.25) is 0 Å². The summed E-state index contributed by atoms with van der Waals surface area (Å²) in [6.45, 7) is 1.79. The number of rotatable bonds is 8. The number of benzene rings is 1. The van der Waals surface area contributed by atoms with E-state index in [1.54, 1.807) is 24.3 Å². The molecule has 20 heavy (non-hydrogen) atoms. The van der Waals surface area contributed by atoms with Crippen LogP contribution >= 0.6 is 0 Å². The van der Waals surface area contributed by atoms with Crippen LogP contribution in [0.2, 0.25) is 0 Å². The SMILES string of the molecule is NC(=O)OCCNCCOc1ccc(/C(N)=N/O)cc1. The van der Waals surface area contributed by atoms with Gasteiger partial charge in [0.1, 0.15) is 19.0 Å². The number of carbonyl (C=O) groups is 1. The van der Waals surface area contributed by atoms with Gasteiger partial charge in [-0.3, -0.25) is 0 Å². The van der Waals surface area contributed by atoms with Crippen LogP contribution in [0.15, 0.2) is 29.4 Å². The highest BCUT2D eigenvalue weighted by molar-refractivity contribution is 5.97. The molecule has 0 bridgehead atoms. The minimum Gasteiger partial charge on any atom is -0.492 e. The number of amidine groups is 1. The number of hydrogen-bond donors (Lipinski definition) is 4. The molecular formula is C12H18N4O4. The van der Waals surface area contributed by atoms with E-state index in [0.29, 0.717) is 31.0 Å². The van der Waals surface area contributed by atoms with Crippen LogP contribution in [0.5, 0.6) is 5.75 Å². The summed E-state index contributed by atoms with van der Waals surface area (Å²) >= 11 is 0. The van der Waals surface area contributed by atoms with Crippen molar-refractivity contribution in [3.05, 3.63) is 29.8 Å². The molecule has 1 aromatic rings. The fourth-order valence-electron chi connectivity index (χ4n) is 1.37. The number of oxime groups is 1. The Kier molecular flexibility index (Phi) is 6.69. The number of ether oxygens (including phenoxy) is 2.